The first kappa shape index (κ1) is 17.3. The van der Waals surface area contributed by atoms with Crippen molar-refractivity contribution in [3.05, 3.63) is 54.1 Å². The van der Waals surface area contributed by atoms with Gasteiger partial charge in [0, 0.05) is 28.9 Å². The van der Waals surface area contributed by atoms with Crippen LogP contribution < -0.4 is 10.5 Å². The fourth-order valence-electron chi connectivity index (χ4n) is 4.77. The van der Waals surface area contributed by atoms with Crippen LogP contribution in [0.1, 0.15) is 12.8 Å². The largest absolute Gasteiger partial charge is 0.489 e. The Hall–Kier alpha value is -2.79. The zero-order valence-electron chi connectivity index (χ0n) is 15.9. The van der Waals surface area contributed by atoms with Gasteiger partial charge in [0.25, 0.3) is 0 Å². The molecule has 0 atom stereocenters. The number of amides is 1. The van der Waals surface area contributed by atoms with Gasteiger partial charge in [0.2, 0.25) is 5.91 Å². The fourth-order valence-corrected chi connectivity index (χ4v) is 4.77. The van der Waals surface area contributed by atoms with Crippen LogP contribution >= 0.6 is 0 Å². The van der Waals surface area contributed by atoms with Crippen molar-refractivity contribution < 1.29 is 9.53 Å². The van der Waals surface area contributed by atoms with Crippen LogP contribution in [0.15, 0.2) is 54.1 Å². The molecule has 0 spiro atoms. The van der Waals surface area contributed by atoms with Crippen molar-refractivity contribution in [1.29, 1.82) is 0 Å². The number of rotatable bonds is 5. The van der Waals surface area contributed by atoms with Gasteiger partial charge in [-0.3, -0.25) is 9.69 Å². The van der Waals surface area contributed by atoms with E-state index in [9.17, 15) is 4.79 Å². The third-order valence-electron chi connectivity index (χ3n) is 6.17. The van der Waals surface area contributed by atoms with E-state index < -0.39 is 0 Å². The predicted octanol–water partition coefficient (Wildman–Crippen LogP) is 3.31. The van der Waals surface area contributed by atoms with Gasteiger partial charge in [0.1, 0.15) is 18.9 Å². The van der Waals surface area contributed by atoms with Crippen LogP contribution in [0.4, 0.5) is 0 Å². The maximum Gasteiger partial charge on any atom is 0.237 e. The van der Waals surface area contributed by atoms with Crippen LogP contribution in [-0.4, -0.2) is 41.6 Å². The number of benzene rings is 2. The zero-order valence-corrected chi connectivity index (χ0v) is 15.9. The molecule has 0 aliphatic carbocycles. The van der Waals surface area contributed by atoms with E-state index in [1.807, 2.05) is 34.9 Å². The molecule has 1 aromatic heterocycles. The summed E-state index contributed by atoms with van der Waals surface area (Å²) in [6, 6.07) is 14.2. The monoisotopic (exact) mass is 375 g/mol. The highest BCUT2D eigenvalue weighted by Crippen LogP contribution is 2.33. The molecule has 0 saturated carbocycles. The second-order valence-corrected chi connectivity index (χ2v) is 7.89. The Morgan fingerprint density at radius 2 is 1.89 bits per heavy atom. The van der Waals surface area contributed by atoms with Crippen LogP contribution in [0.25, 0.3) is 21.8 Å². The van der Waals surface area contributed by atoms with Gasteiger partial charge in [-0.1, -0.05) is 23.8 Å². The lowest BCUT2D eigenvalue weighted by Crippen LogP contribution is -2.43. The maximum atomic E-state index is 11.6. The highest BCUT2D eigenvalue weighted by atomic mass is 16.5. The standard InChI is InChI=1S/C23H25N3O2/c24-23(27)15-26-21-4-2-1-3-19(21)20-6-5-18(13-22(20)26)28-12-9-17-14-25-10-7-16(17)8-11-25/h1-6,9,13,16H,7-8,10-12,14-15H2,(H2,24,27)/b17-9+. The number of nitrogens with two attached hydrogens (primary N) is 1. The summed E-state index contributed by atoms with van der Waals surface area (Å²) in [6.45, 7) is 4.32. The van der Waals surface area contributed by atoms with Gasteiger partial charge < -0.3 is 15.0 Å². The first-order valence-corrected chi connectivity index (χ1v) is 10.0. The first-order chi connectivity index (χ1) is 13.7. The number of para-hydroxylation sites is 1. The van der Waals surface area contributed by atoms with Gasteiger partial charge in [0.15, 0.2) is 0 Å². The second-order valence-electron chi connectivity index (χ2n) is 7.89. The number of hydrogen-bond donors (Lipinski definition) is 1. The number of carbonyl (C=O) groups excluding carboxylic acids is 1. The van der Waals surface area contributed by atoms with Crippen molar-refractivity contribution in [1.82, 2.24) is 9.47 Å². The highest BCUT2D eigenvalue weighted by Gasteiger charge is 2.28. The molecule has 3 saturated heterocycles. The van der Waals surface area contributed by atoms with Crippen LogP contribution in [0.2, 0.25) is 0 Å². The Balaban J connectivity index is 1.43. The SMILES string of the molecule is NC(=O)Cn1c2ccccc2c2ccc(OC/C=C3\CN4CCC3CC4)cc21. The van der Waals surface area contributed by atoms with E-state index in [4.69, 9.17) is 10.5 Å². The summed E-state index contributed by atoms with van der Waals surface area (Å²) in [5, 5.41) is 2.24. The molecular weight excluding hydrogens is 350 g/mol. The molecule has 5 nitrogen and oxygen atoms in total. The smallest absolute Gasteiger partial charge is 0.237 e. The lowest BCUT2D eigenvalue weighted by atomic mass is 9.84. The molecule has 5 heteroatoms. The van der Waals surface area contributed by atoms with Gasteiger partial charge in [-0.25, -0.2) is 0 Å². The van der Waals surface area contributed by atoms with Gasteiger partial charge in [-0.2, -0.15) is 0 Å². The Labute approximate surface area is 164 Å². The van der Waals surface area contributed by atoms with Crippen LogP contribution in [0, 0.1) is 5.92 Å². The molecule has 6 rings (SSSR count). The molecule has 2 N–H and O–H groups in total. The third-order valence-corrected chi connectivity index (χ3v) is 6.17. The first-order valence-electron chi connectivity index (χ1n) is 10.0. The molecule has 3 aromatic rings. The number of ether oxygens (including phenoxy) is 1. The molecule has 2 aromatic carbocycles. The average Bonchev–Trinajstić information content (AvgIpc) is 3.02. The minimum atomic E-state index is -0.346. The van der Waals surface area contributed by atoms with Crippen LogP contribution in [0.3, 0.4) is 0 Å². The summed E-state index contributed by atoms with van der Waals surface area (Å²) in [7, 11) is 0. The fraction of sp³-hybridized carbons (Fsp3) is 0.348. The average molecular weight is 375 g/mol. The number of aromatic nitrogens is 1. The predicted molar refractivity (Wildman–Crippen MR) is 111 cm³/mol. The van der Waals surface area contributed by atoms with Crippen molar-refractivity contribution in [2.24, 2.45) is 11.7 Å². The summed E-state index contributed by atoms with van der Waals surface area (Å²) in [5.41, 5.74) is 9.02. The van der Waals surface area contributed by atoms with E-state index in [1.165, 1.54) is 31.5 Å². The van der Waals surface area contributed by atoms with E-state index in [-0.39, 0.29) is 12.5 Å². The molecule has 0 radical (unpaired) electrons. The molecule has 144 valence electrons. The summed E-state index contributed by atoms with van der Waals surface area (Å²) in [6.07, 6.45) is 4.83. The summed E-state index contributed by atoms with van der Waals surface area (Å²) in [5.74, 6) is 1.22. The van der Waals surface area contributed by atoms with E-state index >= 15 is 0 Å². The van der Waals surface area contributed by atoms with Crippen molar-refractivity contribution >= 4 is 27.7 Å². The quantitative estimate of drug-likeness (QED) is 0.696. The molecule has 1 amide bonds. The maximum absolute atomic E-state index is 11.6. The zero-order chi connectivity index (χ0) is 19.1. The third kappa shape index (κ3) is 3.06. The summed E-state index contributed by atoms with van der Waals surface area (Å²) < 4.78 is 8.03. The number of carbonyl (C=O) groups is 1. The number of nitrogens with zero attached hydrogens (tertiary/aromatic N) is 2. The van der Waals surface area contributed by atoms with E-state index in [1.54, 1.807) is 0 Å². The van der Waals surface area contributed by atoms with Gasteiger partial charge in [-0.15, -0.1) is 0 Å². The minimum absolute atomic E-state index is 0.162. The van der Waals surface area contributed by atoms with Crippen LogP contribution in [-0.2, 0) is 11.3 Å². The number of piperidine rings is 3. The van der Waals surface area contributed by atoms with E-state index in [0.717, 1.165) is 40.0 Å². The molecule has 2 bridgehead atoms. The lowest BCUT2D eigenvalue weighted by Gasteiger charge is -2.41. The highest BCUT2D eigenvalue weighted by molar-refractivity contribution is 6.08. The molecule has 3 aliphatic heterocycles. The molecule has 3 fully saturated rings. The van der Waals surface area contributed by atoms with E-state index in [2.05, 4.69) is 23.1 Å². The van der Waals surface area contributed by atoms with Gasteiger partial charge in [0.05, 0.1) is 5.52 Å². The van der Waals surface area contributed by atoms with Crippen molar-refractivity contribution in [2.75, 3.05) is 26.2 Å². The van der Waals surface area contributed by atoms with E-state index in [0.29, 0.717) is 6.61 Å². The molecule has 28 heavy (non-hydrogen) atoms. The second kappa shape index (κ2) is 6.99. The number of primary amides is 1. The Kier molecular flexibility index (Phi) is 4.32. The Bertz CT molecular complexity index is 1070. The Morgan fingerprint density at radius 3 is 2.64 bits per heavy atom. The molecule has 0 unspecified atom stereocenters. The van der Waals surface area contributed by atoms with Crippen molar-refractivity contribution in [3.8, 4) is 5.75 Å². The summed E-state index contributed by atoms with van der Waals surface area (Å²) in [4.78, 5) is 14.1. The molecule has 4 heterocycles. The Morgan fingerprint density at radius 1 is 1.11 bits per heavy atom. The molecule has 3 aliphatic rings. The summed E-state index contributed by atoms with van der Waals surface area (Å²) >= 11 is 0. The van der Waals surface area contributed by atoms with Crippen molar-refractivity contribution in [2.45, 2.75) is 19.4 Å². The van der Waals surface area contributed by atoms with Crippen molar-refractivity contribution in [3.63, 3.8) is 0 Å². The minimum Gasteiger partial charge on any atom is -0.489 e. The van der Waals surface area contributed by atoms with Crippen LogP contribution in [0.5, 0.6) is 5.75 Å². The number of hydrogen-bond acceptors (Lipinski definition) is 3. The number of fused-ring (bicyclic) bond motifs is 6. The van der Waals surface area contributed by atoms with Gasteiger partial charge in [-0.05, 0) is 56.1 Å². The van der Waals surface area contributed by atoms with Gasteiger partial charge >= 0.3 is 0 Å². The normalized spacial score (nSPS) is 22.9. The lowest BCUT2D eigenvalue weighted by molar-refractivity contribution is -0.118. The molecular formula is C23H25N3O2. The topological polar surface area (TPSA) is 60.5 Å².